The molecule has 3 heterocycles. The van der Waals surface area contributed by atoms with E-state index in [1.807, 2.05) is 0 Å². The normalized spacial score (nSPS) is 27.3. The number of fused-ring (bicyclic) bond motifs is 1. The van der Waals surface area contributed by atoms with Crippen LogP contribution < -0.4 is 4.74 Å². The van der Waals surface area contributed by atoms with Gasteiger partial charge in [0.15, 0.2) is 0 Å². The van der Waals surface area contributed by atoms with E-state index in [9.17, 15) is 4.79 Å². The van der Waals surface area contributed by atoms with E-state index in [1.54, 1.807) is 0 Å². The highest BCUT2D eigenvalue weighted by Crippen LogP contribution is 2.60. The first kappa shape index (κ1) is 18.4. The van der Waals surface area contributed by atoms with Crippen LogP contribution in [0.5, 0.6) is 5.75 Å². The number of amides is 1. The Hall–Kier alpha value is -1.59. The molecule has 5 rings (SSSR count). The highest BCUT2D eigenvalue weighted by Gasteiger charge is 2.59. The summed E-state index contributed by atoms with van der Waals surface area (Å²) in [6, 6.07) is 6.68. The number of likely N-dealkylation sites (N-methyl/N-ethyl adjacent to an activating group) is 1. The van der Waals surface area contributed by atoms with Crippen LogP contribution in [-0.2, 0) is 17.8 Å². The highest BCUT2D eigenvalue weighted by atomic mass is 16.5. The van der Waals surface area contributed by atoms with Gasteiger partial charge in [-0.25, -0.2) is 0 Å². The lowest BCUT2D eigenvalue weighted by atomic mass is 9.90. The summed E-state index contributed by atoms with van der Waals surface area (Å²) < 4.78 is 5.62. The van der Waals surface area contributed by atoms with Gasteiger partial charge in [0.2, 0.25) is 5.91 Å². The van der Waals surface area contributed by atoms with Gasteiger partial charge in [0, 0.05) is 38.5 Å². The summed E-state index contributed by atoms with van der Waals surface area (Å²) in [6.07, 6.45) is 5.66. The quantitative estimate of drug-likeness (QED) is 0.803. The predicted octanol–water partition coefficient (Wildman–Crippen LogP) is 2.39. The van der Waals surface area contributed by atoms with Gasteiger partial charge in [0.05, 0.1) is 6.61 Å². The van der Waals surface area contributed by atoms with Crippen molar-refractivity contribution in [3.05, 3.63) is 29.3 Å². The van der Waals surface area contributed by atoms with Crippen molar-refractivity contribution in [2.75, 3.05) is 52.9 Å². The molecule has 4 aliphatic rings. The summed E-state index contributed by atoms with van der Waals surface area (Å²) >= 11 is 0. The number of nitrogens with zero attached hydrogens (tertiary/aromatic N) is 3. The molecule has 1 atom stereocenters. The Morgan fingerprint density at radius 3 is 2.86 bits per heavy atom. The highest BCUT2D eigenvalue weighted by molar-refractivity contribution is 5.82. The van der Waals surface area contributed by atoms with Gasteiger partial charge in [-0.3, -0.25) is 9.69 Å². The molecule has 1 aromatic rings. The van der Waals surface area contributed by atoms with E-state index in [2.05, 4.69) is 39.9 Å². The number of carbonyl (C=O) groups excluding carboxylic acids is 1. The zero-order chi connectivity index (χ0) is 19.1. The van der Waals surface area contributed by atoms with Crippen LogP contribution in [-0.4, -0.2) is 73.5 Å². The number of hydrogen-bond acceptors (Lipinski definition) is 4. The van der Waals surface area contributed by atoms with Crippen LogP contribution >= 0.6 is 0 Å². The number of rotatable bonds is 3. The predicted molar refractivity (Wildman–Crippen MR) is 109 cm³/mol. The zero-order valence-corrected chi connectivity index (χ0v) is 17.2. The molecule has 0 aromatic heterocycles. The summed E-state index contributed by atoms with van der Waals surface area (Å²) in [7, 11) is 2.16. The van der Waals surface area contributed by atoms with Crippen molar-refractivity contribution in [3.63, 3.8) is 0 Å². The molecule has 2 saturated heterocycles. The smallest absolute Gasteiger partial charge is 0.226 e. The Balaban J connectivity index is 1.14. The molecule has 152 valence electrons. The Bertz CT molecular complexity index is 741. The second kappa shape index (κ2) is 7.34. The van der Waals surface area contributed by atoms with Gasteiger partial charge < -0.3 is 14.5 Å². The van der Waals surface area contributed by atoms with Crippen molar-refractivity contribution in [3.8, 4) is 5.75 Å². The topological polar surface area (TPSA) is 36.0 Å². The molecule has 1 saturated carbocycles. The maximum Gasteiger partial charge on any atom is 0.226 e. The maximum absolute atomic E-state index is 13.1. The van der Waals surface area contributed by atoms with Crippen molar-refractivity contribution < 1.29 is 9.53 Å². The van der Waals surface area contributed by atoms with Gasteiger partial charge >= 0.3 is 0 Å². The number of carbonyl (C=O) groups is 1. The third kappa shape index (κ3) is 3.55. The van der Waals surface area contributed by atoms with Gasteiger partial charge in [-0.1, -0.05) is 12.1 Å². The monoisotopic (exact) mass is 383 g/mol. The summed E-state index contributed by atoms with van der Waals surface area (Å²) in [5.74, 6) is 1.82. The maximum atomic E-state index is 13.1. The molecular weight excluding hydrogens is 350 g/mol. The van der Waals surface area contributed by atoms with E-state index in [0.29, 0.717) is 17.2 Å². The molecule has 0 bridgehead atoms. The van der Waals surface area contributed by atoms with Crippen LogP contribution in [0.1, 0.15) is 36.8 Å². The van der Waals surface area contributed by atoms with Crippen LogP contribution in [0.15, 0.2) is 18.2 Å². The standard InChI is InChI=1S/C23H33N3O2/c1-24-8-2-9-26(13-12-24)22(27)20-16-23(20)6-10-25(11-7-23)17-18-3-4-21-19(15-18)5-14-28-21/h3-4,15,20H,2,5-14,16-17H2,1H3. The van der Waals surface area contributed by atoms with Crippen LogP contribution in [0.25, 0.3) is 0 Å². The molecule has 5 heteroatoms. The van der Waals surface area contributed by atoms with E-state index in [4.69, 9.17) is 4.74 Å². The Labute approximate surface area is 168 Å². The second-order valence-electron chi connectivity index (χ2n) is 9.42. The minimum Gasteiger partial charge on any atom is -0.493 e. The number of hydrogen-bond donors (Lipinski definition) is 0. The van der Waals surface area contributed by atoms with Crippen molar-refractivity contribution in [2.45, 2.75) is 38.6 Å². The van der Waals surface area contributed by atoms with Crippen molar-refractivity contribution in [1.29, 1.82) is 0 Å². The Morgan fingerprint density at radius 1 is 1.14 bits per heavy atom. The molecule has 1 unspecified atom stereocenters. The van der Waals surface area contributed by atoms with Crippen LogP contribution in [0.2, 0.25) is 0 Å². The first-order valence-corrected chi connectivity index (χ1v) is 11.1. The molecule has 0 radical (unpaired) electrons. The summed E-state index contributed by atoms with van der Waals surface area (Å²) in [5.41, 5.74) is 3.08. The third-order valence-corrected chi connectivity index (χ3v) is 7.53. The van der Waals surface area contributed by atoms with Gasteiger partial charge in [0.25, 0.3) is 0 Å². The number of likely N-dealkylation sites (tertiary alicyclic amines) is 1. The van der Waals surface area contributed by atoms with E-state index in [0.717, 1.165) is 77.4 Å². The first-order valence-electron chi connectivity index (χ1n) is 11.1. The SMILES string of the molecule is CN1CCCN(C(=O)C2CC23CCN(Cc2ccc4c(c2)CCO4)CC3)CC1. The zero-order valence-electron chi connectivity index (χ0n) is 17.2. The molecular formula is C23H33N3O2. The minimum absolute atomic E-state index is 0.301. The van der Waals surface area contributed by atoms with Gasteiger partial charge in [-0.05, 0) is 75.0 Å². The van der Waals surface area contributed by atoms with E-state index < -0.39 is 0 Å². The lowest BCUT2D eigenvalue weighted by Gasteiger charge is -2.33. The lowest BCUT2D eigenvalue weighted by Crippen LogP contribution is -2.39. The first-order chi connectivity index (χ1) is 13.6. The molecule has 28 heavy (non-hydrogen) atoms. The lowest BCUT2D eigenvalue weighted by molar-refractivity contribution is -0.133. The van der Waals surface area contributed by atoms with Gasteiger partial charge in [-0.2, -0.15) is 0 Å². The van der Waals surface area contributed by atoms with Crippen molar-refractivity contribution >= 4 is 5.91 Å². The van der Waals surface area contributed by atoms with Gasteiger partial charge in [0.1, 0.15) is 5.75 Å². The van der Waals surface area contributed by atoms with Crippen molar-refractivity contribution in [2.24, 2.45) is 11.3 Å². The molecule has 3 fully saturated rings. The van der Waals surface area contributed by atoms with Crippen LogP contribution in [0, 0.1) is 11.3 Å². The Morgan fingerprint density at radius 2 is 2.00 bits per heavy atom. The van der Waals surface area contributed by atoms with Gasteiger partial charge in [-0.15, -0.1) is 0 Å². The van der Waals surface area contributed by atoms with E-state index in [1.165, 1.54) is 24.0 Å². The fourth-order valence-corrected chi connectivity index (χ4v) is 5.49. The summed E-state index contributed by atoms with van der Waals surface area (Å²) in [6.45, 7) is 8.10. The summed E-state index contributed by atoms with van der Waals surface area (Å²) in [5, 5.41) is 0. The fraction of sp³-hybridized carbons (Fsp3) is 0.696. The molecule has 1 spiro atoms. The summed E-state index contributed by atoms with van der Waals surface area (Å²) in [4.78, 5) is 20.1. The average molecular weight is 384 g/mol. The molecule has 1 amide bonds. The largest absolute Gasteiger partial charge is 0.493 e. The molecule has 3 aliphatic heterocycles. The van der Waals surface area contributed by atoms with E-state index >= 15 is 0 Å². The number of ether oxygens (including phenoxy) is 1. The van der Waals surface area contributed by atoms with Crippen LogP contribution in [0.3, 0.4) is 0 Å². The van der Waals surface area contributed by atoms with Crippen molar-refractivity contribution in [1.82, 2.24) is 14.7 Å². The average Bonchev–Trinajstić information content (AvgIpc) is 3.28. The molecule has 5 nitrogen and oxygen atoms in total. The number of piperidine rings is 1. The molecule has 0 N–H and O–H groups in total. The van der Waals surface area contributed by atoms with Crippen LogP contribution in [0.4, 0.5) is 0 Å². The second-order valence-corrected chi connectivity index (χ2v) is 9.42. The minimum atomic E-state index is 0.301. The number of benzene rings is 1. The fourth-order valence-electron chi connectivity index (χ4n) is 5.49. The Kier molecular flexibility index (Phi) is 4.84. The molecule has 1 aromatic carbocycles. The third-order valence-electron chi connectivity index (χ3n) is 7.53. The molecule has 1 aliphatic carbocycles. The van der Waals surface area contributed by atoms with E-state index in [-0.39, 0.29) is 0 Å².